The van der Waals surface area contributed by atoms with Gasteiger partial charge in [0.2, 0.25) is 5.91 Å². The van der Waals surface area contributed by atoms with Gasteiger partial charge in [0.05, 0.1) is 12.8 Å². The van der Waals surface area contributed by atoms with Crippen LogP contribution in [0.15, 0.2) is 53.6 Å². The molecule has 2 amide bonds. The van der Waals surface area contributed by atoms with Crippen molar-refractivity contribution in [1.29, 1.82) is 0 Å². The van der Waals surface area contributed by atoms with Gasteiger partial charge in [-0.05, 0) is 42.3 Å². The van der Waals surface area contributed by atoms with Gasteiger partial charge in [-0.3, -0.25) is 9.59 Å². The molecular weight excluding hydrogens is 330 g/mol. The molecule has 134 valence electrons. The number of benzene rings is 2. The smallest absolute Gasteiger partial charge is 0.267 e. The lowest BCUT2D eigenvalue weighted by Gasteiger charge is -2.23. The second-order valence-corrected chi connectivity index (χ2v) is 6.12. The quantitative estimate of drug-likeness (QED) is 0.900. The highest BCUT2D eigenvalue weighted by Gasteiger charge is 2.25. The molecule has 3 rings (SSSR count). The van der Waals surface area contributed by atoms with Crippen LogP contribution in [0, 0.1) is 6.92 Å². The third-order valence-electron chi connectivity index (χ3n) is 4.15. The number of aryl methyl sites for hydroxylation is 1. The predicted molar refractivity (Wildman–Crippen MR) is 100 cm³/mol. The van der Waals surface area contributed by atoms with Crippen molar-refractivity contribution in [1.82, 2.24) is 5.32 Å². The van der Waals surface area contributed by atoms with Gasteiger partial charge in [0.25, 0.3) is 5.91 Å². The molecule has 1 aliphatic rings. The summed E-state index contributed by atoms with van der Waals surface area (Å²) in [6, 6.07) is 15.0. The van der Waals surface area contributed by atoms with Gasteiger partial charge in [0.1, 0.15) is 11.5 Å². The Kier molecular flexibility index (Phi) is 5.31. The van der Waals surface area contributed by atoms with E-state index in [2.05, 4.69) is 10.4 Å². The highest BCUT2D eigenvalue weighted by atomic mass is 16.5. The Morgan fingerprint density at radius 3 is 2.65 bits per heavy atom. The number of methoxy groups -OCH3 is 1. The van der Waals surface area contributed by atoms with Gasteiger partial charge < -0.3 is 10.1 Å². The molecule has 0 bridgehead atoms. The molecule has 1 aliphatic heterocycles. The van der Waals surface area contributed by atoms with Crippen molar-refractivity contribution in [2.24, 2.45) is 5.10 Å². The van der Waals surface area contributed by atoms with Gasteiger partial charge >= 0.3 is 0 Å². The fourth-order valence-corrected chi connectivity index (χ4v) is 2.71. The fraction of sp³-hybridized carbons (Fsp3) is 0.250. The SMILES string of the molecule is COc1ccc(CNC(=O)C2=NN(c3cccc(C)c3)C(=O)CC2)cc1. The molecule has 0 fully saturated rings. The minimum absolute atomic E-state index is 0.109. The molecule has 6 nitrogen and oxygen atoms in total. The third-order valence-corrected chi connectivity index (χ3v) is 4.15. The molecule has 0 atom stereocenters. The predicted octanol–water partition coefficient (Wildman–Crippen LogP) is 2.80. The highest BCUT2D eigenvalue weighted by molar-refractivity contribution is 6.40. The number of ether oxygens (including phenoxy) is 1. The summed E-state index contributed by atoms with van der Waals surface area (Å²) in [7, 11) is 1.61. The molecule has 0 radical (unpaired) electrons. The van der Waals surface area contributed by atoms with Gasteiger partial charge in [-0.15, -0.1) is 0 Å². The van der Waals surface area contributed by atoms with E-state index in [1.54, 1.807) is 7.11 Å². The summed E-state index contributed by atoms with van der Waals surface area (Å²) in [4.78, 5) is 24.6. The van der Waals surface area contributed by atoms with Crippen LogP contribution in [-0.4, -0.2) is 24.6 Å². The summed E-state index contributed by atoms with van der Waals surface area (Å²) in [6.07, 6.45) is 0.609. The number of nitrogens with zero attached hydrogens (tertiary/aromatic N) is 2. The molecule has 1 N–H and O–H groups in total. The first-order valence-electron chi connectivity index (χ1n) is 8.45. The number of carbonyl (C=O) groups is 2. The van der Waals surface area contributed by atoms with E-state index in [9.17, 15) is 9.59 Å². The largest absolute Gasteiger partial charge is 0.497 e. The van der Waals surface area contributed by atoms with E-state index in [4.69, 9.17) is 4.74 Å². The Bertz CT molecular complexity index is 844. The van der Waals surface area contributed by atoms with Gasteiger partial charge in [0, 0.05) is 19.4 Å². The molecular formula is C20H21N3O3. The summed E-state index contributed by atoms with van der Waals surface area (Å²) in [5.74, 6) is 0.400. The zero-order valence-electron chi connectivity index (χ0n) is 14.9. The molecule has 0 spiro atoms. The maximum Gasteiger partial charge on any atom is 0.267 e. The maximum absolute atomic E-state index is 12.4. The highest BCUT2D eigenvalue weighted by Crippen LogP contribution is 2.21. The van der Waals surface area contributed by atoms with Crippen molar-refractivity contribution in [3.05, 3.63) is 59.7 Å². The van der Waals surface area contributed by atoms with Crippen LogP contribution in [0.2, 0.25) is 0 Å². The Balaban J connectivity index is 1.69. The summed E-state index contributed by atoms with van der Waals surface area (Å²) in [5, 5.41) is 8.46. The molecule has 0 saturated carbocycles. The lowest BCUT2D eigenvalue weighted by atomic mass is 10.1. The van der Waals surface area contributed by atoms with Gasteiger partial charge in [-0.25, -0.2) is 5.01 Å². The van der Waals surface area contributed by atoms with Crippen molar-refractivity contribution in [3.63, 3.8) is 0 Å². The van der Waals surface area contributed by atoms with Crippen LogP contribution in [-0.2, 0) is 16.1 Å². The first-order valence-corrected chi connectivity index (χ1v) is 8.45. The standard InChI is InChI=1S/C20H21N3O3/c1-14-4-3-5-16(12-14)23-19(24)11-10-18(22-23)20(25)21-13-15-6-8-17(26-2)9-7-15/h3-9,12H,10-11,13H2,1-2H3,(H,21,25). The first kappa shape index (κ1) is 17.7. The minimum Gasteiger partial charge on any atom is -0.497 e. The zero-order chi connectivity index (χ0) is 18.5. The Hall–Kier alpha value is -3.15. The van der Waals surface area contributed by atoms with Crippen molar-refractivity contribution >= 4 is 23.2 Å². The number of anilines is 1. The summed E-state index contributed by atoms with van der Waals surface area (Å²) in [6.45, 7) is 2.34. The number of hydrazone groups is 1. The molecule has 0 saturated heterocycles. The molecule has 1 heterocycles. The van der Waals surface area contributed by atoms with E-state index in [1.807, 2.05) is 55.5 Å². The van der Waals surface area contributed by atoms with Crippen molar-refractivity contribution in [3.8, 4) is 5.75 Å². The van der Waals surface area contributed by atoms with Gasteiger partial charge in [-0.2, -0.15) is 5.10 Å². The van der Waals surface area contributed by atoms with Crippen LogP contribution >= 0.6 is 0 Å². The number of carbonyl (C=O) groups excluding carboxylic acids is 2. The molecule has 6 heteroatoms. The number of amides is 2. The molecule has 0 aromatic heterocycles. The van der Waals surface area contributed by atoms with E-state index in [0.717, 1.165) is 16.9 Å². The average molecular weight is 351 g/mol. The number of nitrogens with one attached hydrogen (secondary N) is 1. The average Bonchev–Trinajstić information content (AvgIpc) is 2.67. The Morgan fingerprint density at radius 2 is 1.96 bits per heavy atom. The van der Waals surface area contributed by atoms with Crippen molar-refractivity contribution in [2.45, 2.75) is 26.3 Å². The van der Waals surface area contributed by atoms with Crippen LogP contribution in [0.3, 0.4) is 0 Å². The Morgan fingerprint density at radius 1 is 1.19 bits per heavy atom. The Labute approximate surface area is 152 Å². The summed E-state index contributed by atoms with van der Waals surface area (Å²) >= 11 is 0. The molecule has 2 aromatic rings. The van der Waals surface area contributed by atoms with Crippen LogP contribution in [0.4, 0.5) is 5.69 Å². The number of hydrogen-bond donors (Lipinski definition) is 1. The van der Waals surface area contributed by atoms with E-state index in [1.165, 1.54) is 5.01 Å². The maximum atomic E-state index is 12.4. The van der Waals surface area contributed by atoms with Crippen LogP contribution in [0.25, 0.3) is 0 Å². The summed E-state index contributed by atoms with van der Waals surface area (Å²) in [5.41, 5.74) is 3.03. The number of hydrogen-bond acceptors (Lipinski definition) is 4. The van der Waals surface area contributed by atoms with E-state index >= 15 is 0 Å². The summed E-state index contributed by atoms with van der Waals surface area (Å²) < 4.78 is 5.12. The van der Waals surface area contributed by atoms with Crippen LogP contribution < -0.4 is 15.1 Å². The van der Waals surface area contributed by atoms with E-state index < -0.39 is 0 Å². The van der Waals surface area contributed by atoms with Crippen LogP contribution in [0.1, 0.15) is 24.0 Å². The van der Waals surface area contributed by atoms with Crippen LogP contribution in [0.5, 0.6) is 5.75 Å². The van der Waals surface area contributed by atoms with E-state index in [0.29, 0.717) is 24.4 Å². The molecule has 26 heavy (non-hydrogen) atoms. The van der Waals surface area contributed by atoms with E-state index in [-0.39, 0.29) is 18.2 Å². The normalized spacial score (nSPS) is 14.0. The van der Waals surface area contributed by atoms with Crippen molar-refractivity contribution in [2.75, 3.05) is 12.1 Å². The molecule has 0 unspecified atom stereocenters. The molecule has 2 aromatic carbocycles. The minimum atomic E-state index is -0.258. The van der Waals surface area contributed by atoms with Gasteiger partial charge in [0.15, 0.2) is 0 Å². The second kappa shape index (κ2) is 7.82. The van der Waals surface area contributed by atoms with Gasteiger partial charge in [-0.1, -0.05) is 24.3 Å². The number of rotatable bonds is 5. The monoisotopic (exact) mass is 351 g/mol. The second-order valence-electron chi connectivity index (χ2n) is 6.12. The lowest BCUT2D eigenvalue weighted by Crippen LogP contribution is -2.38. The van der Waals surface area contributed by atoms with Crippen molar-refractivity contribution < 1.29 is 14.3 Å². The topological polar surface area (TPSA) is 71.0 Å². The molecule has 0 aliphatic carbocycles. The third kappa shape index (κ3) is 4.08. The fourth-order valence-electron chi connectivity index (χ4n) is 2.71. The zero-order valence-corrected chi connectivity index (χ0v) is 14.9. The lowest BCUT2D eigenvalue weighted by molar-refractivity contribution is -0.119. The first-order chi connectivity index (χ1) is 12.6.